The first-order valence-corrected chi connectivity index (χ1v) is 12.3. The third-order valence-corrected chi connectivity index (χ3v) is 7.51. The fourth-order valence-electron chi connectivity index (χ4n) is 5.24. The number of piperidine rings is 1. The molecule has 2 aromatic carbocycles. The zero-order valence-corrected chi connectivity index (χ0v) is 19.5. The summed E-state index contributed by atoms with van der Waals surface area (Å²) in [4.78, 5) is 27.2. The minimum atomic E-state index is -0.671. The summed E-state index contributed by atoms with van der Waals surface area (Å²) in [5.41, 5.74) is 3.80. The number of nitrogens with zero attached hydrogens (tertiary/aromatic N) is 1. The summed E-state index contributed by atoms with van der Waals surface area (Å²) in [6.45, 7) is 2.85. The predicted octanol–water partition coefficient (Wildman–Crippen LogP) is 1.93. The molecule has 2 aliphatic heterocycles. The summed E-state index contributed by atoms with van der Waals surface area (Å²) < 4.78 is 5.72. The van der Waals surface area contributed by atoms with Crippen molar-refractivity contribution in [3.63, 3.8) is 0 Å². The van der Waals surface area contributed by atoms with Crippen LogP contribution >= 0.6 is 0 Å². The number of hydrogen-bond acceptors (Lipinski definition) is 5. The lowest BCUT2D eigenvalue weighted by Gasteiger charge is -2.47. The van der Waals surface area contributed by atoms with E-state index in [-0.39, 0.29) is 24.0 Å². The van der Waals surface area contributed by atoms with E-state index in [2.05, 4.69) is 34.9 Å². The van der Waals surface area contributed by atoms with Crippen molar-refractivity contribution in [1.82, 2.24) is 15.5 Å². The molecular weight excluding hydrogens is 430 g/mol. The first-order chi connectivity index (χ1) is 16.5. The predicted molar refractivity (Wildman–Crippen MR) is 129 cm³/mol. The molecule has 180 valence electrons. The van der Waals surface area contributed by atoms with Crippen molar-refractivity contribution in [2.24, 2.45) is 0 Å². The second-order valence-electron chi connectivity index (χ2n) is 9.80. The van der Waals surface area contributed by atoms with Crippen LogP contribution < -0.4 is 10.6 Å². The van der Waals surface area contributed by atoms with E-state index in [4.69, 9.17) is 4.74 Å². The van der Waals surface area contributed by atoms with Crippen LogP contribution in [0.3, 0.4) is 0 Å². The van der Waals surface area contributed by atoms with Crippen LogP contribution in [0.1, 0.15) is 51.1 Å². The maximum absolute atomic E-state index is 12.8. The molecule has 0 saturated carbocycles. The lowest BCUT2D eigenvalue weighted by Crippen LogP contribution is -2.53. The van der Waals surface area contributed by atoms with Crippen LogP contribution in [0.15, 0.2) is 48.5 Å². The zero-order valence-electron chi connectivity index (χ0n) is 19.5. The molecule has 2 amide bonds. The summed E-state index contributed by atoms with van der Waals surface area (Å²) in [6, 6.07) is 15.5. The number of aliphatic hydroxyl groups excluding tert-OH is 1. The number of carbonyl (C=O) groups is 2. The minimum Gasteiger partial charge on any atom is -0.390 e. The van der Waals surface area contributed by atoms with Crippen LogP contribution in [-0.2, 0) is 17.6 Å². The minimum absolute atomic E-state index is 0.00306. The summed E-state index contributed by atoms with van der Waals surface area (Å²) in [5, 5.41) is 16.5. The fourth-order valence-corrected chi connectivity index (χ4v) is 5.24. The number of rotatable bonds is 7. The maximum Gasteiger partial charge on any atom is 0.253 e. The van der Waals surface area contributed by atoms with Crippen LogP contribution in [-0.4, -0.2) is 72.4 Å². The Bertz CT molecular complexity index is 999. The molecule has 0 radical (unpaired) electrons. The number of hydrogen-bond donors (Lipinski definition) is 3. The van der Waals surface area contributed by atoms with Gasteiger partial charge in [-0.1, -0.05) is 24.3 Å². The van der Waals surface area contributed by atoms with E-state index in [1.807, 2.05) is 4.90 Å². The van der Waals surface area contributed by atoms with Crippen LogP contribution in [0.2, 0.25) is 0 Å². The standard InChI is InChI=1S/C27H33N3O4/c31-24(17-28-23-15-21-3-1-2-4-22(21)16-23)18-29-25(32)19-5-7-20(8-6-19)26(33)30-12-9-27(10-13-30)11-14-34-27/h1-8,23-24,28,31H,9-18H2,(H,29,32). The van der Waals surface area contributed by atoms with Gasteiger partial charge in [0.1, 0.15) is 0 Å². The summed E-state index contributed by atoms with van der Waals surface area (Å²) in [7, 11) is 0. The van der Waals surface area contributed by atoms with Gasteiger partial charge in [-0.25, -0.2) is 0 Å². The van der Waals surface area contributed by atoms with E-state index in [1.54, 1.807) is 24.3 Å². The molecule has 1 unspecified atom stereocenters. The van der Waals surface area contributed by atoms with Crippen LogP contribution in [0.25, 0.3) is 0 Å². The van der Waals surface area contributed by atoms with E-state index in [0.717, 1.165) is 38.7 Å². The Morgan fingerprint density at radius 1 is 0.971 bits per heavy atom. The Morgan fingerprint density at radius 2 is 1.59 bits per heavy atom. The van der Waals surface area contributed by atoms with Crippen molar-refractivity contribution < 1.29 is 19.4 Å². The number of aliphatic hydroxyl groups is 1. The third-order valence-electron chi connectivity index (χ3n) is 7.51. The molecule has 7 heteroatoms. The van der Waals surface area contributed by atoms with Gasteiger partial charge in [0.05, 0.1) is 18.3 Å². The highest BCUT2D eigenvalue weighted by Gasteiger charge is 2.42. The summed E-state index contributed by atoms with van der Waals surface area (Å²) >= 11 is 0. The highest BCUT2D eigenvalue weighted by molar-refractivity contribution is 5.97. The maximum atomic E-state index is 12.8. The van der Waals surface area contributed by atoms with Crippen molar-refractivity contribution in [1.29, 1.82) is 0 Å². The molecule has 3 aliphatic rings. The first-order valence-electron chi connectivity index (χ1n) is 12.3. The molecule has 5 rings (SSSR count). The number of amides is 2. The lowest BCUT2D eigenvalue weighted by molar-refractivity contribution is -0.169. The van der Waals surface area contributed by atoms with Gasteiger partial charge in [-0.2, -0.15) is 0 Å². The van der Waals surface area contributed by atoms with Gasteiger partial charge in [0.15, 0.2) is 0 Å². The average Bonchev–Trinajstić information content (AvgIpc) is 3.28. The number of likely N-dealkylation sites (tertiary alicyclic amines) is 1. The Balaban J connectivity index is 1.04. The number of benzene rings is 2. The van der Waals surface area contributed by atoms with Crippen LogP contribution in [0.5, 0.6) is 0 Å². The molecule has 0 aromatic heterocycles. The highest BCUT2D eigenvalue weighted by atomic mass is 16.5. The number of carbonyl (C=O) groups excluding carboxylic acids is 2. The monoisotopic (exact) mass is 463 g/mol. The molecule has 2 saturated heterocycles. The molecule has 2 heterocycles. The van der Waals surface area contributed by atoms with E-state index < -0.39 is 6.10 Å². The van der Waals surface area contributed by atoms with Gasteiger partial charge in [-0.15, -0.1) is 0 Å². The summed E-state index contributed by atoms with van der Waals surface area (Å²) in [6.07, 6.45) is 4.14. The lowest BCUT2D eigenvalue weighted by atomic mass is 9.84. The Kier molecular flexibility index (Phi) is 6.68. The Hall–Kier alpha value is -2.74. The van der Waals surface area contributed by atoms with Gasteiger partial charge in [0.25, 0.3) is 11.8 Å². The summed E-state index contributed by atoms with van der Waals surface area (Å²) in [5.74, 6) is -0.259. The second kappa shape index (κ2) is 9.86. The van der Waals surface area contributed by atoms with Gasteiger partial charge in [0.2, 0.25) is 0 Å². The van der Waals surface area contributed by atoms with E-state index in [0.29, 0.717) is 36.8 Å². The molecule has 1 spiro atoms. The zero-order chi connectivity index (χ0) is 23.5. The largest absolute Gasteiger partial charge is 0.390 e. The van der Waals surface area contributed by atoms with Crippen molar-refractivity contribution in [2.75, 3.05) is 32.8 Å². The van der Waals surface area contributed by atoms with E-state index in [9.17, 15) is 14.7 Å². The van der Waals surface area contributed by atoms with Crippen molar-refractivity contribution in [2.45, 2.75) is 49.9 Å². The Morgan fingerprint density at radius 3 is 2.18 bits per heavy atom. The smallest absolute Gasteiger partial charge is 0.253 e. The quantitative estimate of drug-likeness (QED) is 0.584. The molecule has 1 aliphatic carbocycles. The van der Waals surface area contributed by atoms with Gasteiger partial charge < -0.3 is 25.4 Å². The number of nitrogens with one attached hydrogen (secondary N) is 2. The second-order valence-corrected chi connectivity index (χ2v) is 9.80. The first kappa shape index (κ1) is 23.0. The van der Waals surface area contributed by atoms with Gasteiger partial charge in [-0.3, -0.25) is 9.59 Å². The molecule has 34 heavy (non-hydrogen) atoms. The molecule has 7 nitrogen and oxygen atoms in total. The van der Waals surface area contributed by atoms with E-state index >= 15 is 0 Å². The molecular formula is C27H33N3O4. The van der Waals surface area contributed by atoms with Gasteiger partial charge in [-0.05, 0) is 67.5 Å². The normalized spacial score (nSPS) is 20.0. The molecule has 1 atom stereocenters. The molecule has 2 aromatic rings. The topological polar surface area (TPSA) is 90.9 Å². The SMILES string of the molecule is O=C(NCC(O)CNC1Cc2ccccc2C1)c1ccc(C(=O)N2CCC3(CCO3)CC2)cc1. The highest BCUT2D eigenvalue weighted by Crippen LogP contribution is 2.36. The van der Waals surface area contributed by atoms with Crippen molar-refractivity contribution in [3.8, 4) is 0 Å². The van der Waals surface area contributed by atoms with Crippen LogP contribution in [0, 0.1) is 0 Å². The Labute approximate surface area is 200 Å². The number of ether oxygens (including phenoxy) is 1. The molecule has 2 fully saturated rings. The third kappa shape index (κ3) is 5.02. The van der Waals surface area contributed by atoms with Crippen molar-refractivity contribution >= 4 is 11.8 Å². The van der Waals surface area contributed by atoms with Gasteiger partial charge >= 0.3 is 0 Å². The average molecular weight is 464 g/mol. The molecule has 0 bridgehead atoms. The van der Waals surface area contributed by atoms with E-state index in [1.165, 1.54) is 11.1 Å². The van der Waals surface area contributed by atoms with Gasteiger partial charge in [0, 0.05) is 43.3 Å². The van der Waals surface area contributed by atoms with Crippen LogP contribution in [0.4, 0.5) is 0 Å². The van der Waals surface area contributed by atoms with Crippen molar-refractivity contribution in [3.05, 3.63) is 70.8 Å². The molecule has 3 N–H and O–H groups in total. The number of fused-ring (bicyclic) bond motifs is 1. The fraction of sp³-hybridized carbons (Fsp3) is 0.481.